The van der Waals surface area contributed by atoms with Crippen LogP contribution in [-0.2, 0) is 14.1 Å². The predicted octanol–water partition coefficient (Wildman–Crippen LogP) is -1.08. The molecule has 0 saturated heterocycles. The summed E-state index contributed by atoms with van der Waals surface area (Å²) >= 11 is 0. The highest BCUT2D eigenvalue weighted by molar-refractivity contribution is 5.84. The van der Waals surface area contributed by atoms with Gasteiger partial charge in [-0.2, -0.15) is 0 Å². The van der Waals surface area contributed by atoms with Crippen molar-refractivity contribution in [3.8, 4) is 0 Å². The molecule has 0 amide bonds. The molecule has 0 bridgehead atoms. The third-order valence-electron chi connectivity index (χ3n) is 2.44. The minimum absolute atomic E-state index is 0.0960. The number of nitrogens with two attached hydrogens (primary N) is 1. The molecule has 84 valence electrons. The molecular weight excluding hydrogens is 210 g/mol. The summed E-state index contributed by atoms with van der Waals surface area (Å²) < 4.78 is 2.26. The van der Waals surface area contributed by atoms with Crippen LogP contribution < -0.4 is 17.0 Å². The van der Waals surface area contributed by atoms with Crippen molar-refractivity contribution in [1.29, 1.82) is 0 Å². The van der Waals surface area contributed by atoms with Crippen LogP contribution in [0.3, 0.4) is 0 Å². The Morgan fingerprint density at radius 3 is 2.38 bits per heavy atom. The van der Waals surface area contributed by atoms with Crippen molar-refractivity contribution in [3.05, 3.63) is 26.7 Å². The highest BCUT2D eigenvalue weighted by atomic mass is 16.2. The summed E-state index contributed by atoms with van der Waals surface area (Å²) in [6, 6.07) is 0. The molecule has 2 aromatic rings. The van der Waals surface area contributed by atoms with Gasteiger partial charge in [-0.1, -0.05) is 0 Å². The fourth-order valence-electron chi connectivity index (χ4n) is 1.60. The van der Waals surface area contributed by atoms with E-state index >= 15 is 0 Å². The van der Waals surface area contributed by atoms with Gasteiger partial charge in [-0.15, -0.1) is 0 Å². The fourth-order valence-corrected chi connectivity index (χ4v) is 1.60. The van der Waals surface area contributed by atoms with E-state index in [2.05, 4.69) is 9.97 Å². The van der Waals surface area contributed by atoms with Crippen LogP contribution in [0.1, 0.15) is 5.82 Å². The Bertz CT molecular complexity index is 698. The Morgan fingerprint density at radius 2 is 1.75 bits per heavy atom. The zero-order valence-electron chi connectivity index (χ0n) is 9.18. The average Bonchev–Trinajstić information content (AvgIpc) is 2.22. The number of aryl methyl sites for hydroxylation is 2. The molecule has 0 spiro atoms. The number of fused-ring (bicyclic) bond motifs is 1. The van der Waals surface area contributed by atoms with Crippen LogP contribution in [0.5, 0.6) is 0 Å². The number of anilines is 1. The van der Waals surface area contributed by atoms with Gasteiger partial charge in [0.1, 0.15) is 17.0 Å². The summed E-state index contributed by atoms with van der Waals surface area (Å²) in [5.74, 6) is 0.520. The smallest absolute Gasteiger partial charge is 0.332 e. The second-order valence-electron chi connectivity index (χ2n) is 3.56. The van der Waals surface area contributed by atoms with Crippen LogP contribution in [0.2, 0.25) is 0 Å². The van der Waals surface area contributed by atoms with Gasteiger partial charge in [0.25, 0.3) is 5.56 Å². The monoisotopic (exact) mass is 221 g/mol. The number of aromatic nitrogens is 4. The summed E-state index contributed by atoms with van der Waals surface area (Å²) in [6.45, 7) is 1.65. The molecule has 0 unspecified atom stereocenters. The Morgan fingerprint density at radius 1 is 1.12 bits per heavy atom. The van der Waals surface area contributed by atoms with Gasteiger partial charge in [0.05, 0.1) is 0 Å². The number of nitrogen functional groups attached to an aromatic ring is 1. The van der Waals surface area contributed by atoms with Crippen molar-refractivity contribution in [2.75, 3.05) is 5.73 Å². The van der Waals surface area contributed by atoms with Gasteiger partial charge in [0.15, 0.2) is 5.65 Å². The molecule has 0 aliphatic rings. The second-order valence-corrected chi connectivity index (χ2v) is 3.56. The number of nitrogens with zero attached hydrogens (tertiary/aromatic N) is 4. The molecule has 0 atom stereocenters. The molecule has 0 saturated carbocycles. The van der Waals surface area contributed by atoms with Gasteiger partial charge in [0.2, 0.25) is 0 Å². The Balaban J connectivity index is 3.22. The molecule has 2 rings (SSSR count). The van der Waals surface area contributed by atoms with Crippen LogP contribution in [0.25, 0.3) is 11.0 Å². The van der Waals surface area contributed by atoms with Crippen LogP contribution in [-0.4, -0.2) is 19.1 Å². The van der Waals surface area contributed by atoms with E-state index in [0.29, 0.717) is 5.82 Å². The quantitative estimate of drug-likeness (QED) is 0.610. The predicted molar refractivity (Wildman–Crippen MR) is 59.2 cm³/mol. The number of hydrogen-bond donors (Lipinski definition) is 1. The normalized spacial score (nSPS) is 10.9. The molecular formula is C9H11N5O2. The van der Waals surface area contributed by atoms with Gasteiger partial charge in [-0.05, 0) is 6.92 Å². The van der Waals surface area contributed by atoms with E-state index in [4.69, 9.17) is 5.73 Å². The van der Waals surface area contributed by atoms with E-state index < -0.39 is 11.2 Å². The molecule has 0 fully saturated rings. The maximum atomic E-state index is 11.8. The second kappa shape index (κ2) is 3.16. The van der Waals surface area contributed by atoms with Gasteiger partial charge in [-0.3, -0.25) is 13.9 Å². The van der Waals surface area contributed by atoms with Gasteiger partial charge >= 0.3 is 5.69 Å². The van der Waals surface area contributed by atoms with Crippen LogP contribution in [0.4, 0.5) is 5.82 Å². The van der Waals surface area contributed by atoms with E-state index in [1.807, 2.05) is 0 Å². The number of rotatable bonds is 0. The summed E-state index contributed by atoms with van der Waals surface area (Å²) in [5, 5.41) is 0.176. The molecule has 2 aromatic heterocycles. The first-order valence-corrected chi connectivity index (χ1v) is 4.63. The van der Waals surface area contributed by atoms with Crippen LogP contribution >= 0.6 is 0 Å². The van der Waals surface area contributed by atoms with Crippen LogP contribution in [0, 0.1) is 6.92 Å². The molecule has 7 nitrogen and oxygen atoms in total. The lowest BCUT2D eigenvalue weighted by Gasteiger charge is -2.08. The maximum absolute atomic E-state index is 11.8. The zero-order valence-corrected chi connectivity index (χ0v) is 9.18. The van der Waals surface area contributed by atoms with E-state index in [9.17, 15) is 9.59 Å². The third kappa shape index (κ3) is 1.21. The first-order valence-electron chi connectivity index (χ1n) is 4.63. The van der Waals surface area contributed by atoms with Gasteiger partial charge in [-0.25, -0.2) is 14.8 Å². The SMILES string of the molecule is Cc1nc(N)c2c(=O)n(C)c(=O)n(C)c2n1. The fraction of sp³-hybridized carbons (Fsp3) is 0.333. The standard InChI is InChI=1S/C9H11N5O2/c1-4-11-6(10)5-7(12-4)13(2)9(16)14(3)8(5)15/h1-3H3,(H2,10,11,12). The Labute approximate surface area is 90.2 Å². The first kappa shape index (κ1) is 10.3. The Kier molecular flexibility index (Phi) is 2.04. The molecule has 2 N–H and O–H groups in total. The number of hydrogen-bond acceptors (Lipinski definition) is 5. The molecule has 7 heteroatoms. The summed E-state index contributed by atoms with van der Waals surface area (Å²) in [7, 11) is 2.93. The molecule has 0 aliphatic carbocycles. The lowest BCUT2D eigenvalue weighted by molar-refractivity contribution is 0.705. The lowest BCUT2D eigenvalue weighted by atomic mass is 10.3. The lowest BCUT2D eigenvalue weighted by Crippen LogP contribution is -2.37. The molecule has 0 aliphatic heterocycles. The maximum Gasteiger partial charge on any atom is 0.332 e. The van der Waals surface area contributed by atoms with Crippen molar-refractivity contribution in [2.24, 2.45) is 14.1 Å². The molecule has 2 heterocycles. The third-order valence-corrected chi connectivity index (χ3v) is 2.44. The van der Waals surface area contributed by atoms with Crippen molar-refractivity contribution in [1.82, 2.24) is 19.1 Å². The Hall–Kier alpha value is -2.18. The van der Waals surface area contributed by atoms with Crippen molar-refractivity contribution in [2.45, 2.75) is 6.92 Å². The van der Waals surface area contributed by atoms with Crippen LogP contribution in [0.15, 0.2) is 9.59 Å². The molecule has 16 heavy (non-hydrogen) atoms. The summed E-state index contributed by atoms with van der Waals surface area (Å²) in [4.78, 5) is 31.4. The summed E-state index contributed by atoms with van der Waals surface area (Å²) in [6.07, 6.45) is 0. The van der Waals surface area contributed by atoms with Gasteiger partial charge < -0.3 is 5.73 Å². The largest absolute Gasteiger partial charge is 0.383 e. The van der Waals surface area contributed by atoms with Crippen molar-refractivity contribution < 1.29 is 0 Å². The highest BCUT2D eigenvalue weighted by Gasteiger charge is 2.13. The molecule has 0 radical (unpaired) electrons. The van der Waals surface area contributed by atoms with E-state index in [0.717, 1.165) is 4.57 Å². The highest BCUT2D eigenvalue weighted by Crippen LogP contribution is 2.10. The molecule has 0 aromatic carbocycles. The van der Waals surface area contributed by atoms with E-state index in [1.165, 1.54) is 18.7 Å². The van der Waals surface area contributed by atoms with Gasteiger partial charge in [0, 0.05) is 14.1 Å². The van der Waals surface area contributed by atoms with E-state index in [-0.39, 0.29) is 16.9 Å². The minimum Gasteiger partial charge on any atom is -0.383 e. The average molecular weight is 221 g/mol. The van der Waals surface area contributed by atoms with Crippen molar-refractivity contribution >= 4 is 16.9 Å². The van der Waals surface area contributed by atoms with Crippen molar-refractivity contribution in [3.63, 3.8) is 0 Å². The van der Waals surface area contributed by atoms with E-state index in [1.54, 1.807) is 6.92 Å². The zero-order chi connectivity index (χ0) is 12.0. The first-order chi connectivity index (χ1) is 7.43. The summed E-state index contributed by atoms with van der Waals surface area (Å²) in [5.41, 5.74) is 5.02. The minimum atomic E-state index is -0.476. The topological polar surface area (TPSA) is 95.8 Å².